The van der Waals surface area contributed by atoms with Crippen LogP contribution in [0.3, 0.4) is 0 Å². The number of fused-ring (bicyclic) bond motifs is 1. The van der Waals surface area contributed by atoms with Gasteiger partial charge >= 0.3 is 6.03 Å². The Balaban J connectivity index is 1.47. The maximum Gasteiger partial charge on any atom is 0.335 e. The van der Waals surface area contributed by atoms with Crippen molar-refractivity contribution in [3.8, 4) is 0 Å². The number of hydrogen-bond donors (Lipinski definition) is 2. The van der Waals surface area contributed by atoms with Gasteiger partial charge in [-0.3, -0.25) is 19.7 Å². The second kappa shape index (κ2) is 9.71. The molecule has 0 unspecified atom stereocenters. The van der Waals surface area contributed by atoms with Crippen molar-refractivity contribution in [2.75, 3.05) is 10.2 Å². The van der Waals surface area contributed by atoms with Crippen molar-refractivity contribution in [1.82, 2.24) is 9.88 Å². The van der Waals surface area contributed by atoms with Crippen LogP contribution in [0.15, 0.2) is 84.6 Å². The van der Waals surface area contributed by atoms with Gasteiger partial charge in [0.25, 0.3) is 11.8 Å². The first kappa shape index (κ1) is 24.0. The molecule has 1 aromatic heterocycles. The number of benzene rings is 3. The number of halogens is 2. The minimum Gasteiger partial charge on any atom is -0.337 e. The highest BCUT2D eigenvalue weighted by Crippen LogP contribution is 2.27. The topological polar surface area (TPSA) is 101 Å². The number of rotatable bonds is 5. The molecule has 184 valence electrons. The zero-order chi connectivity index (χ0) is 26.1. The van der Waals surface area contributed by atoms with E-state index in [0.29, 0.717) is 27.2 Å². The Morgan fingerprint density at radius 3 is 2.41 bits per heavy atom. The van der Waals surface area contributed by atoms with Gasteiger partial charge in [0.05, 0.1) is 5.69 Å². The highest BCUT2D eigenvalue weighted by molar-refractivity contribution is 6.39. The second-order valence-electron chi connectivity index (χ2n) is 8.22. The number of urea groups is 1. The Morgan fingerprint density at radius 1 is 0.973 bits per heavy atom. The molecule has 1 saturated heterocycles. The summed E-state index contributed by atoms with van der Waals surface area (Å²) in [7, 11) is 0. The predicted molar refractivity (Wildman–Crippen MR) is 137 cm³/mol. The molecule has 3 aromatic carbocycles. The molecule has 8 nitrogen and oxygen atoms in total. The lowest BCUT2D eigenvalue weighted by atomic mass is 10.1. The van der Waals surface area contributed by atoms with Gasteiger partial charge in [-0.05, 0) is 60.7 Å². The third-order valence-corrected chi connectivity index (χ3v) is 6.00. The zero-order valence-electron chi connectivity index (χ0n) is 19.1. The first-order chi connectivity index (χ1) is 17.8. The second-order valence-corrected chi connectivity index (χ2v) is 8.66. The van der Waals surface area contributed by atoms with E-state index in [2.05, 4.69) is 10.6 Å². The summed E-state index contributed by atoms with van der Waals surface area (Å²) in [6, 6.07) is 17.7. The smallest absolute Gasteiger partial charge is 0.335 e. The molecule has 0 saturated carbocycles. The summed E-state index contributed by atoms with van der Waals surface area (Å²) in [6.07, 6.45) is 3.02. The Bertz CT molecular complexity index is 1590. The van der Waals surface area contributed by atoms with Crippen LogP contribution in [0.25, 0.3) is 17.0 Å². The van der Waals surface area contributed by atoms with Gasteiger partial charge in [0, 0.05) is 33.4 Å². The van der Waals surface area contributed by atoms with E-state index in [0.717, 1.165) is 17.0 Å². The number of barbiturate groups is 1. The molecule has 1 fully saturated rings. The van der Waals surface area contributed by atoms with Crippen LogP contribution in [0.2, 0.25) is 5.02 Å². The summed E-state index contributed by atoms with van der Waals surface area (Å²) >= 11 is 5.89. The summed E-state index contributed by atoms with van der Waals surface area (Å²) in [5.74, 6) is -2.53. The van der Waals surface area contributed by atoms with Gasteiger partial charge < -0.3 is 9.88 Å². The van der Waals surface area contributed by atoms with Crippen molar-refractivity contribution in [1.29, 1.82) is 0 Å². The number of aromatic nitrogens is 1. The van der Waals surface area contributed by atoms with Gasteiger partial charge in [0.1, 0.15) is 17.9 Å². The number of para-hydroxylation sites is 1. The fourth-order valence-electron chi connectivity index (χ4n) is 4.05. The molecule has 10 heteroatoms. The summed E-state index contributed by atoms with van der Waals surface area (Å²) in [5, 5.41) is 6.19. The maximum atomic E-state index is 13.3. The molecule has 37 heavy (non-hydrogen) atoms. The largest absolute Gasteiger partial charge is 0.337 e. The first-order valence-electron chi connectivity index (χ1n) is 11.1. The van der Waals surface area contributed by atoms with E-state index in [-0.39, 0.29) is 23.7 Å². The van der Waals surface area contributed by atoms with Crippen LogP contribution in [0.1, 0.15) is 5.56 Å². The molecule has 0 spiro atoms. The Labute approximate surface area is 214 Å². The van der Waals surface area contributed by atoms with Gasteiger partial charge in [-0.25, -0.2) is 14.1 Å². The Kier molecular flexibility index (Phi) is 6.29. The molecule has 2 N–H and O–H groups in total. The fraction of sp³-hybridized carbons (Fsp3) is 0.0370. The minimum atomic E-state index is -0.931. The zero-order valence-corrected chi connectivity index (χ0v) is 19.8. The van der Waals surface area contributed by atoms with Crippen LogP contribution in [0, 0.1) is 5.82 Å². The van der Waals surface area contributed by atoms with E-state index >= 15 is 0 Å². The lowest BCUT2D eigenvalue weighted by Gasteiger charge is -2.26. The molecule has 0 radical (unpaired) electrons. The lowest BCUT2D eigenvalue weighted by molar-refractivity contribution is -0.122. The average Bonchev–Trinajstić information content (AvgIpc) is 3.21. The van der Waals surface area contributed by atoms with E-state index in [1.165, 1.54) is 18.2 Å². The number of imide groups is 2. The molecule has 0 aliphatic carbocycles. The third kappa shape index (κ3) is 4.85. The normalized spacial score (nSPS) is 14.8. The van der Waals surface area contributed by atoms with Gasteiger partial charge in [0.2, 0.25) is 5.91 Å². The monoisotopic (exact) mass is 516 g/mol. The molecular weight excluding hydrogens is 499 g/mol. The summed E-state index contributed by atoms with van der Waals surface area (Å²) in [4.78, 5) is 51.7. The molecular formula is C27H18ClFN4O4. The van der Waals surface area contributed by atoms with Crippen molar-refractivity contribution in [2.45, 2.75) is 6.54 Å². The minimum absolute atomic E-state index is 0.0351. The van der Waals surface area contributed by atoms with Crippen molar-refractivity contribution >= 4 is 63.7 Å². The van der Waals surface area contributed by atoms with Crippen LogP contribution in [0.5, 0.6) is 0 Å². The third-order valence-electron chi connectivity index (χ3n) is 5.75. The highest BCUT2D eigenvalue weighted by atomic mass is 35.5. The van der Waals surface area contributed by atoms with Gasteiger partial charge in [-0.15, -0.1) is 0 Å². The Morgan fingerprint density at radius 2 is 1.68 bits per heavy atom. The summed E-state index contributed by atoms with van der Waals surface area (Å²) < 4.78 is 15.0. The molecule has 1 aliphatic heterocycles. The van der Waals surface area contributed by atoms with Crippen molar-refractivity contribution < 1.29 is 23.6 Å². The maximum absolute atomic E-state index is 13.3. The first-order valence-corrected chi connectivity index (χ1v) is 11.5. The van der Waals surface area contributed by atoms with Crippen LogP contribution >= 0.6 is 11.6 Å². The lowest BCUT2D eigenvalue weighted by Crippen LogP contribution is -2.54. The molecule has 5 rings (SSSR count). The Hall–Kier alpha value is -4.76. The number of carbonyl (C=O) groups excluding carboxylic acids is 4. The molecule has 1 aliphatic rings. The summed E-state index contributed by atoms with van der Waals surface area (Å²) in [6.45, 7) is -0.0351. The number of anilines is 2. The van der Waals surface area contributed by atoms with E-state index in [9.17, 15) is 23.6 Å². The number of carbonyl (C=O) groups is 4. The number of amides is 5. The van der Waals surface area contributed by atoms with Crippen molar-refractivity contribution in [3.63, 3.8) is 0 Å². The molecule has 4 aromatic rings. The van der Waals surface area contributed by atoms with Crippen molar-refractivity contribution in [2.24, 2.45) is 0 Å². The quantitative estimate of drug-likeness (QED) is 0.295. The van der Waals surface area contributed by atoms with E-state index < -0.39 is 23.7 Å². The molecule has 2 heterocycles. The standard InChI is InChI=1S/C27H18ClFN4O4/c28-17-5-9-19(10-6-17)30-24(34)15-32-14-16(21-3-1-2-4-23(21)32)13-22-25(35)31-27(37)33(26(22)36)20-11-7-18(29)8-12-20/h1-14H,15H2,(H,30,34)(H,31,35,37)/b22-13+. The predicted octanol–water partition coefficient (Wildman–Crippen LogP) is 4.74. The van der Waals surface area contributed by atoms with Crippen molar-refractivity contribution in [3.05, 3.63) is 101 Å². The average molecular weight is 517 g/mol. The van der Waals surface area contributed by atoms with Crippen LogP contribution in [0.4, 0.5) is 20.6 Å². The van der Waals surface area contributed by atoms with Gasteiger partial charge in [-0.2, -0.15) is 0 Å². The molecule has 5 amide bonds. The van der Waals surface area contributed by atoms with Crippen LogP contribution < -0.4 is 15.5 Å². The molecule has 0 bridgehead atoms. The fourth-order valence-corrected chi connectivity index (χ4v) is 4.17. The van der Waals surface area contributed by atoms with Crippen LogP contribution in [-0.4, -0.2) is 28.3 Å². The SMILES string of the molecule is O=C(Cn1cc(/C=C2\C(=O)NC(=O)N(c3ccc(F)cc3)C2=O)c2ccccc21)Nc1ccc(Cl)cc1. The van der Waals surface area contributed by atoms with Gasteiger partial charge in [0.15, 0.2) is 0 Å². The highest BCUT2D eigenvalue weighted by Gasteiger charge is 2.37. The van der Waals surface area contributed by atoms with Gasteiger partial charge in [-0.1, -0.05) is 29.8 Å². The number of nitrogens with one attached hydrogen (secondary N) is 2. The van der Waals surface area contributed by atoms with E-state index in [4.69, 9.17) is 11.6 Å². The molecule has 0 atom stereocenters. The van der Waals surface area contributed by atoms with Crippen LogP contribution in [-0.2, 0) is 20.9 Å². The number of nitrogens with zero attached hydrogens (tertiary/aromatic N) is 2. The van der Waals surface area contributed by atoms with E-state index in [1.54, 1.807) is 53.2 Å². The van der Waals surface area contributed by atoms with E-state index in [1.807, 2.05) is 6.07 Å². The number of hydrogen-bond acceptors (Lipinski definition) is 4. The summed E-state index contributed by atoms with van der Waals surface area (Å²) in [5.41, 5.74) is 1.63.